The highest BCUT2D eigenvalue weighted by Crippen LogP contribution is 2.20. The van der Waals surface area contributed by atoms with Crippen LogP contribution in [0, 0.1) is 0 Å². The van der Waals surface area contributed by atoms with Gasteiger partial charge in [0.2, 0.25) is 5.95 Å². The van der Waals surface area contributed by atoms with Crippen LogP contribution in [0.3, 0.4) is 0 Å². The SMILES string of the molecule is COc1cccc(S(=O)(=O)Nc2cnc(N(C)C)nc2)c1. The topological polar surface area (TPSA) is 84.4 Å². The molecule has 0 aliphatic heterocycles. The zero-order valence-electron chi connectivity index (χ0n) is 11.9. The van der Waals surface area contributed by atoms with Crippen LogP contribution in [0.4, 0.5) is 11.6 Å². The lowest BCUT2D eigenvalue weighted by molar-refractivity contribution is 0.413. The Hall–Kier alpha value is -2.35. The van der Waals surface area contributed by atoms with Crippen molar-refractivity contribution in [2.45, 2.75) is 4.90 Å². The van der Waals surface area contributed by atoms with Gasteiger partial charge < -0.3 is 9.64 Å². The van der Waals surface area contributed by atoms with Gasteiger partial charge in [-0.15, -0.1) is 0 Å². The number of hydrogen-bond donors (Lipinski definition) is 1. The summed E-state index contributed by atoms with van der Waals surface area (Å²) in [5.41, 5.74) is 0.295. The lowest BCUT2D eigenvalue weighted by atomic mass is 10.3. The summed E-state index contributed by atoms with van der Waals surface area (Å²) in [7, 11) is 1.38. The molecule has 2 aromatic rings. The van der Waals surface area contributed by atoms with E-state index in [1.54, 1.807) is 31.1 Å². The molecule has 112 valence electrons. The molecule has 0 unspecified atom stereocenters. The maximum Gasteiger partial charge on any atom is 0.262 e. The maximum absolute atomic E-state index is 12.3. The number of aromatic nitrogens is 2. The van der Waals surface area contributed by atoms with Gasteiger partial charge in [0, 0.05) is 20.2 Å². The molecule has 0 saturated carbocycles. The van der Waals surface area contributed by atoms with E-state index in [-0.39, 0.29) is 4.90 Å². The molecule has 0 saturated heterocycles. The molecule has 7 nitrogen and oxygen atoms in total. The first-order chi connectivity index (χ1) is 9.92. The van der Waals surface area contributed by atoms with Crippen LogP contribution < -0.4 is 14.4 Å². The van der Waals surface area contributed by atoms with E-state index in [2.05, 4.69) is 14.7 Å². The molecule has 0 amide bonds. The van der Waals surface area contributed by atoms with Gasteiger partial charge in [-0.25, -0.2) is 18.4 Å². The van der Waals surface area contributed by atoms with Crippen molar-refractivity contribution in [3.8, 4) is 5.75 Å². The molecular formula is C13H16N4O3S. The van der Waals surface area contributed by atoms with E-state index < -0.39 is 10.0 Å². The van der Waals surface area contributed by atoms with Crippen LogP contribution in [0.2, 0.25) is 0 Å². The normalized spacial score (nSPS) is 11.0. The van der Waals surface area contributed by atoms with E-state index in [1.807, 2.05) is 0 Å². The Bertz CT molecular complexity index is 714. The van der Waals surface area contributed by atoms with Gasteiger partial charge in [0.25, 0.3) is 10.0 Å². The minimum atomic E-state index is -3.70. The first-order valence-corrected chi connectivity index (χ1v) is 7.57. The molecule has 0 aliphatic carbocycles. The Labute approximate surface area is 123 Å². The van der Waals surface area contributed by atoms with Crippen LogP contribution in [0.5, 0.6) is 5.75 Å². The number of hydrogen-bond acceptors (Lipinski definition) is 6. The predicted molar refractivity (Wildman–Crippen MR) is 80.2 cm³/mol. The number of sulfonamides is 1. The molecule has 8 heteroatoms. The van der Waals surface area contributed by atoms with E-state index >= 15 is 0 Å². The summed E-state index contributed by atoms with van der Waals surface area (Å²) in [6, 6.07) is 6.21. The van der Waals surface area contributed by atoms with Gasteiger partial charge in [0.15, 0.2) is 0 Å². The third kappa shape index (κ3) is 3.60. The van der Waals surface area contributed by atoms with Crippen LogP contribution in [-0.2, 0) is 10.0 Å². The second kappa shape index (κ2) is 5.96. The second-order valence-electron chi connectivity index (χ2n) is 4.45. The fraction of sp³-hybridized carbons (Fsp3) is 0.231. The van der Waals surface area contributed by atoms with E-state index in [1.165, 1.54) is 31.6 Å². The van der Waals surface area contributed by atoms with Crippen molar-refractivity contribution in [3.05, 3.63) is 36.7 Å². The van der Waals surface area contributed by atoms with E-state index in [0.29, 0.717) is 17.4 Å². The number of benzene rings is 1. The fourth-order valence-electron chi connectivity index (χ4n) is 1.59. The number of anilines is 2. The first-order valence-electron chi connectivity index (χ1n) is 6.08. The van der Waals surface area contributed by atoms with Crippen molar-refractivity contribution in [2.24, 2.45) is 0 Å². The van der Waals surface area contributed by atoms with Crippen LogP contribution in [0.25, 0.3) is 0 Å². The molecule has 0 fully saturated rings. The van der Waals surface area contributed by atoms with Crippen molar-refractivity contribution in [3.63, 3.8) is 0 Å². The minimum Gasteiger partial charge on any atom is -0.497 e. The Morgan fingerprint density at radius 3 is 2.43 bits per heavy atom. The average molecular weight is 308 g/mol. The van der Waals surface area contributed by atoms with Gasteiger partial charge in [0.1, 0.15) is 5.75 Å². The lowest BCUT2D eigenvalue weighted by Crippen LogP contribution is -2.15. The molecule has 0 spiro atoms. The van der Waals surface area contributed by atoms with Crippen LogP contribution >= 0.6 is 0 Å². The Balaban J connectivity index is 2.24. The zero-order chi connectivity index (χ0) is 15.5. The van der Waals surface area contributed by atoms with Crippen molar-refractivity contribution in [1.29, 1.82) is 0 Å². The summed E-state index contributed by atoms with van der Waals surface area (Å²) >= 11 is 0. The highest BCUT2D eigenvalue weighted by atomic mass is 32.2. The molecule has 21 heavy (non-hydrogen) atoms. The van der Waals surface area contributed by atoms with Crippen molar-refractivity contribution in [1.82, 2.24) is 9.97 Å². The number of ether oxygens (including phenoxy) is 1. The monoisotopic (exact) mass is 308 g/mol. The van der Waals surface area contributed by atoms with E-state index in [9.17, 15) is 8.42 Å². The van der Waals surface area contributed by atoms with Crippen LogP contribution in [-0.4, -0.2) is 39.6 Å². The number of rotatable bonds is 5. The molecule has 0 bridgehead atoms. The molecule has 0 aliphatic rings. The van der Waals surface area contributed by atoms with Gasteiger partial charge in [-0.1, -0.05) is 6.07 Å². The van der Waals surface area contributed by atoms with Crippen molar-refractivity contribution in [2.75, 3.05) is 30.8 Å². The van der Waals surface area contributed by atoms with Gasteiger partial charge in [-0.05, 0) is 12.1 Å². The van der Waals surface area contributed by atoms with Crippen LogP contribution in [0.1, 0.15) is 0 Å². The third-order valence-electron chi connectivity index (χ3n) is 2.64. The molecule has 0 radical (unpaired) electrons. The lowest BCUT2D eigenvalue weighted by Gasteiger charge is -2.11. The average Bonchev–Trinajstić information content (AvgIpc) is 2.47. The molecule has 1 N–H and O–H groups in total. The molecule has 1 aromatic carbocycles. The van der Waals surface area contributed by atoms with Gasteiger partial charge in [-0.3, -0.25) is 4.72 Å². The minimum absolute atomic E-state index is 0.110. The molecule has 1 heterocycles. The molecular weight excluding hydrogens is 292 g/mol. The van der Waals surface area contributed by atoms with Crippen molar-refractivity contribution >= 4 is 21.7 Å². The quantitative estimate of drug-likeness (QED) is 0.897. The van der Waals surface area contributed by atoms with E-state index in [0.717, 1.165) is 0 Å². The standard InChI is InChI=1S/C13H16N4O3S/c1-17(2)13-14-8-10(9-15-13)16-21(18,19)12-6-4-5-11(7-12)20-3/h4-9,16H,1-3H3. The summed E-state index contributed by atoms with van der Waals surface area (Å²) in [6.07, 6.45) is 2.83. The second-order valence-corrected chi connectivity index (χ2v) is 6.13. The zero-order valence-corrected chi connectivity index (χ0v) is 12.8. The highest BCUT2D eigenvalue weighted by Gasteiger charge is 2.15. The molecule has 2 rings (SSSR count). The first kappa shape index (κ1) is 15.0. The van der Waals surface area contributed by atoms with Gasteiger partial charge >= 0.3 is 0 Å². The fourth-order valence-corrected chi connectivity index (χ4v) is 2.65. The summed E-state index contributed by atoms with van der Waals surface area (Å²) in [6.45, 7) is 0. The Kier molecular flexibility index (Phi) is 4.27. The summed E-state index contributed by atoms with van der Waals surface area (Å²) in [5, 5.41) is 0. The van der Waals surface area contributed by atoms with Crippen molar-refractivity contribution < 1.29 is 13.2 Å². The number of methoxy groups -OCH3 is 1. The molecule has 0 atom stereocenters. The molecule has 1 aromatic heterocycles. The maximum atomic E-state index is 12.3. The Morgan fingerprint density at radius 1 is 1.19 bits per heavy atom. The van der Waals surface area contributed by atoms with Crippen LogP contribution in [0.15, 0.2) is 41.6 Å². The van der Waals surface area contributed by atoms with Gasteiger partial charge in [0.05, 0.1) is 30.1 Å². The summed E-state index contributed by atoms with van der Waals surface area (Å²) in [5.74, 6) is 0.969. The summed E-state index contributed by atoms with van der Waals surface area (Å²) < 4.78 is 32.0. The predicted octanol–water partition coefficient (Wildman–Crippen LogP) is 1.35. The highest BCUT2D eigenvalue weighted by molar-refractivity contribution is 7.92. The third-order valence-corrected chi connectivity index (χ3v) is 4.02. The largest absolute Gasteiger partial charge is 0.497 e. The smallest absolute Gasteiger partial charge is 0.262 e. The number of nitrogens with zero attached hydrogens (tertiary/aromatic N) is 3. The number of nitrogens with one attached hydrogen (secondary N) is 1. The van der Waals surface area contributed by atoms with Gasteiger partial charge in [-0.2, -0.15) is 0 Å². The van der Waals surface area contributed by atoms with E-state index in [4.69, 9.17) is 4.74 Å². The summed E-state index contributed by atoms with van der Waals surface area (Å²) in [4.78, 5) is 9.94. The Morgan fingerprint density at radius 2 is 1.86 bits per heavy atom.